The Morgan fingerprint density at radius 2 is 2.00 bits per heavy atom. The molecule has 12 heteroatoms. The van der Waals surface area contributed by atoms with E-state index in [1.54, 1.807) is 13.2 Å². The lowest BCUT2D eigenvalue weighted by molar-refractivity contribution is -0.0831. The molecule has 230 valence electrons. The van der Waals surface area contributed by atoms with Crippen molar-refractivity contribution in [3.8, 4) is 29.1 Å². The summed E-state index contributed by atoms with van der Waals surface area (Å²) in [6, 6.07) is 3.76. The van der Waals surface area contributed by atoms with E-state index >= 15 is 0 Å². The largest absolute Gasteiger partial charge is 0.489 e. The van der Waals surface area contributed by atoms with Crippen LogP contribution in [0.3, 0.4) is 0 Å². The van der Waals surface area contributed by atoms with Crippen LogP contribution in [0.25, 0.3) is 0 Å². The number of nitriles is 1. The predicted octanol–water partition coefficient (Wildman–Crippen LogP) is 3.71. The fourth-order valence-electron chi connectivity index (χ4n) is 7.48. The van der Waals surface area contributed by atoms with Gasteiger partial charge in [-0.15, -0.1) is 0 Å². The Morgan fingerprint density at radius 3 is 2.67 bits per heavy atom. The lowest BCUT2D eigenvalue weighted by Gasteiger charge is -2.60. The first kappa shape index (κ1) is 29.3. The summed E-state index contributed by atoms with van der Waals surface area (Å²) in [4.78, 5) is 4.61. The molecule has 0 saturated carbocycles. The van der Waals surface area contributed by atoms with Gasteiger partial charge in [0.2, 0.25) is 14.5 Å². The van der Waals surface area contributed by atoms with E-state index in [0.29, 0.717) is 30.9 Å². The average molecular weight is 629 g/mol. The fraction of sp³-hybridized carbons (Fsp3) is 0.516. The standard InChI is InChI=1S/C31H37N3O6.BH4PS/c1-7-8-37-28-18(4)30-31(40-15-39-30)26-20(28)11-22-27-25-19(9-16(2)17(3)29(25)38-14-36-6)10-21(33(27)5)23(12-32)34(22)24(26)13-35;2-1-3/h7,9,21-24,27,35H,1,8,10-11,13-15H2,2-6H3;1,3H,2H2/t21-,22?,23-,24-,27-;/m0./s1/i35T;1D. The molecule has 9 nitrogen and oxygen atoms in total. The van der Waals surface area contributed by atoms with Gasteiger partial charge in [-0.05, 0) is 58.7 Å². The van der Waals surface area contributed by atoms with Gasteiger partial charge >= 0.3 is 0 Å². The molecule has 2 aromatic rings. The summed E-state index contributed by atoms with van der Waals surface area (Å²) in [6.07, 6.45) is 2.72. The fourth-order valence-corrected chi connectivity index (χ4v) is 7.48. The van der Waals surface area contributed by atoms with Crippen molar-refractivity contribution in [2.45, 2.75) is 63.8 Å². The van der Waals surface area contributed by atoms with Crippen molar-refractivity contribution in [3.63, 3.8) is 0 Å². The predicted molar refractivity (Wildman–Crippen MR) is 174 cm³/mol. The number of aliphatic hydroxyl groups is 1. The van der Waals surface area contributed by atoms with Crippen molar-refractivity contribution in [1.29, 1.82) is 8.03 Å². The number of thiol groups is 1. The highest BCUT2D eigenvalue weighted by molar-refractivity contribution is 8.20. The zero-order valence-electron chi connectivity index (χ0n) is 27.4. The Balaban J connectivity index is 0.000000945. The van der Waals surface area contributed by atoms with Gasteiger partial charge in [0.1, 0.15) is 24.1 Å². The van der Waals surface area contributed by atoms with Crippen LogP contribution in [0.5, 0.6) is 23.0 Å². The highest BCUT2D eigenvalue weighted by Crippen LogP contribution is 2.57. The van der Waals surface area contributed by atoms with Gasteiger partial charge in [-0.25, -0.2) is 12.5 Å². The third-order valence-electron chi connectivity index (χ3n) is 9.23. The summed E-state index contributed by atoms with van der Waals surface area (Å²) in [7, 11) is 5.93. The van der Waals surface area contributed by atoms with Crippen molar-refractivity contribution in [2.75, 3.05) is 41.0 Å². The van der Waals surface area contributed by atoms with Gasteiger partial charge in [0, 0.05) is 41.4 Å². The number of nitrogens with zero attached hydrogens (tertiary/aromatic N) is 3. The Morgan fingerprint density at radius 1 is 1.26 bits per heavy atom. The Kier molecular flexibility index (Phi) is 9.04. The normalized spacial score (nSPS) is 25.5. The van der Waals surface area contributed by atoms with Crippen LogP contribution in [0.4, 0.5) is 0 Å². The highest BCUT2D eigenvalue weighted by Gasteiger charge is 2.56. The number of benzene rings is 2. The molecule has 4 aliphatic heterocycles. The maximum absolute atomic E-state index is 10.7. The lowest BCUT2D eigenvalue weighted by Crippen LogP contribution is -2.68. The molecule has 1 fully saturated rings. The zero-order valence-corrected chi connectivity index (χ0v) is 27.4. The van der Waals surface area contributed by atoms with Gasteiger partial charge in [0.15, 0.2) is 18.3 Å². The van der Waals surface area contributed by atoms with E-state index < -0.39 is 12.1 Å². The minimum absolute atomic E-state index is 0.0620. The number of piperazine rings is 1. The van der Waals surface area contributed by atoms with Gasteiger partial charge in [-0.3, -0.25) is 9.80 Å². The smallest absolute Gasteiger partial charge is 0.231 e. The van der Waals surface area contributed by atoms with E-state index in [1.807, 2.05) is 6.92 Å². The number of fused-ring (bicyclic) bond motifs is 9. The van der Waals surface area contributed by atoms with Gasteiger partial charge in [-0.2, -0.15) is 14.4 Å². The van der Waals surface area contributed by atoms with Crippen molar-refractivity contribution in [3.05, 3.63) is 57.7 Å². The molecule has 2 aromatic carbocycles. The number of hydrogen-bond acceptors (Lipinski definition) is 10. The van der Waals surface area contributed by atoms with Crippen molar-refractivity contribution in [2.24, 2.45) is 0 Å². The zero-order chi connectivity index (χ0) is 32.6. The molecule has 0 aromatic heterocycles. The van der Waals surface area contributed by atoms with Crippen LogP contribution in [0.1, 0.15) is 51.0 Å². The average Bonchev–Trinajstić information content (AvgIpc) is 3.48. The number of rotatable bonds is 8. The van der Waals surface area contributed by atoms with E-state index in [4.69, 9.17) is 31.6 Å². The molecule has 6 rings (SSSR count). The van der Waals surface area contributed by atoms with Crippen LogP contribution < -0.4 is 18.9 Å². The second-order valence-corrected chi connectivity index (χ2v) is 12.5. The molecule has 1 N–H and O–H groups in total. The van der Waals surface area contributed by atoms with Crippen molar-refractivity contribution < 1.29 is 28.8 Å². The summed E-state index contributed by atoms with van der Waals surface area (Å²) in [5.74, 6) is 2.88. The molecule has 4 heterocycles. The van der Waals surface area contributed by atoms with E-state index in [9.17, 15) is 5.26 Å². The van der Waals surface area contributed by atoms with Crippen LogP contribution >= 0.6 is 21.6 Å². The molecule has 1 saturated heterocycles. The molecule has 4 aliphatic rings. The third-order valence-corrected chi connectivity index (χ3v) is 9.23. The van der Waals surface area contributed by atoms with Crippen molar-refractivity contribution >= 4 is 27.8 Å². The maximum Gasteiger partial charge on any atom is 0.231 e. The van der Waals surface area contributed by atoms with Crippen molar-refractivity contribution in [1.82, 2.24) is 9.80 Å². The molecule has 2 unspecified atom stereocenters. The summed E-state index contributed by atoms with van der Waals surface area (Å²) >= 11 is 3.60. The van der Waals surface area contributed by atoms with E-state index in [-0.39, 0.29) is 44.6 Å². The summed E-state index contributed by atoms with van der Waals surface area (Å²) < 4.78 is 44.1. The van der Waals surface area contributed by atoms with E-state index in [0.717, 1.165) is 44.9 Å². The molecular weight excluding hydrogens is 584 g/mol. The monoisotopic (exact) mass is 628 g/mol. The maximum atomic E-state index is 10.7. The molecule has 2 bridgehead atoms. The van der Waals surface area contributed by atoms with Crippen LogP contribution in [0.2, 0.25) is 0 Å². The summed E-state index contributed by atoms with van der Waals surface area (Å²) in [5.41, 5.74) is 7.32. The molecule has 43 heavy (non-hydrogen) atoms. The SMILES string of the molecule is [2H]B(P)S.[3H]OC[C@H]1c2c(c(OCC=C)c(C)c3c2OCO3)CC2[C@H]3c4c(cc(C)c(C)c4OCOC)C[C@@H]([C@H](C#N)N21)N3C. The van der Waals surface area contributed by atoms with Gasteiger partial charge in [0.05, 0.1) is 24.8 Å². The minimum Gasteiger partial charge on any atom is -0.489 e. The molecule has 0 aliphatic carbocycles. The molecule has 0 radical (unpaired) electrons. The molecule has 0 spiro atoms. The van der Waals surface area contributed by atoms with E-state index in [2.05, 4.69) is 71.0 Å². The number of likely N-dealkylation sites (N-methyl/N-ethyl adjacent to an activating group) is 1. The highest BCUT2D eigenvalue weighted by atomic mass is 32.1. The Bertz CT molecular complexity index is 1490. The summed E-state index contributed by atoms with van der Waals surface area (Å²) in [5, 5.41) is 15.8. The molecular formula is C31H41BN3O6PS. The van der Waals surface area contributed by atoms with Gasteiger partial charge in [0.25, 0.3) is 0 Å². The minimum atomic E-state index is -0.440. The number of aliphatic hydroxyl groups excluding tert-OH is 1. The van der Waals surface area contributed by atoms with Crippen LogP contribution in [0, 0.1) is 32.1 Å². The van der Waals surface area contributed by atoms with Crippen LogP contribution in [-0.4, -0.2) is 83.0 Å². The molecule has 6 atom stereocenters. The first-order chi connectivity index (χ1) is 21.6. The van der Waals surface area contributed by atoms with Crippen LogP contribution in [-0.2, 0) is 17.6 Å². The quantitative estimate of drug-likeness (QED) is 0.149. The summed E-state index contributed by atoms with van der Waals surface area (Å²) in [6.45, 7) is 10.7. The molecule has 0 amide bonds. The number of aryl methyl sites for hydroxylation is 1. The number of ether oxygens (including phenoxy) is 5. The second-order valence-electron chi connectivity index (χ2n) is 11.3. The Hall–Kier alpha value is -2.45. The topological polar surface area (TPSA) is 96.7 Å². The Labute approximate surface area is 265 Å². The first-order valence-corrected chi connectivity index (χ1v) is 15.6. The van der Waals surface area contributed by atoms with Gasteiger partial charge < -0.3 is 28.8 Å². The first-order valence-electron chi connectivity index (χ1n) is 15.4. The number of methoxy groups -OCH3 is 1. The second kappa shape index (κ2) is 13.3. The van der Waals surface area contributed by atoms with E-state index in [1.165, 1.54) is 5.56 Å². The van der Waals surface area contributed by atoms with Crippen LogP contribution in [0.15, 0.2) is 18.7 Å². The lowest BCUT2D eigenvalue weighted by atomic mass is 9.71. The third kappa shape index (κ3) is 5.20. The number of hydrogen-bond donors (Lipinski definition) is 2. The van der Waals surface area contributed by atoms with Gasteiger partial charge in [-0.1, -0.05) is 18.7 Å².